The first-order chi connectivity index (χ1) is 13.9. The molecule has 2 aromatic heterocycles. The zero-order valence-electron chi connectivity index (χ0n) is 16.0. The van der Waals surface area contributed by atoms with Gasteiger partial charge >= 0.3 is 0 Å². The summed E-state index contributed by atoms with van der Waals surface area (Å²) in [7, 11) is 0. The van der Waals surface area contributed by atoms with Gasteiger partial charge < -0.3 is 9.47 Å². The maximum absolute atomic E-state index is 4.71. The van der Waals surface area contributed by atoms with Crippen LogP contribution in [-0.2, 0) is 6.54 Å². The summed E-state index contributed by atoms with van der Waals surface area (Å²) in [5, 5.41) is 1.30. The number of aromatic nitrogens is 3. The van der Waals surface area contributed by atoms with E-state index in [0.29, 0.717) is 0 Å². The monoisotopic (exact) mass is 391 g/mol. The molecule has 5 rings (SSSR count). The summed E-state index contributed by atoms with van der Waals surface area (Å²) in [6.45, 7) is 6.61. The summed E-state index contributed by atoms with van der Waals surface area (Å²) in [4.78, 5) is 9.53. The number of imidazole rings is 1. The molecule has 1 aliphatic heterocycles. The van der Waals surface area contributed by atoms with E-state index in [2.05, 4.69) is 61.8 Å². The summed E-state index contributed by atoms with van der Waals surface area (Å²) in [6.07, 6.45) is 4.39. The lowest BCUT2D eigenvalue weighted by molar-refractivity contribution is 0.251. The fourth-order valence-electron chi connectivity index (χ4n) is 4.09. The number of aryl methyl sites for hydroxylation is 1. The van der Waals surface area contributed by atoms with Crippen molar-refractivity contribution in [3.63, 3.8) is 0 Å². The van der Waals surface area contributed by atoms with E-state index in [1.807, 2.05) is 12.4 Å². The fraction of sp³-hybridized carbons (Fsp3) is 0.364. The van der Waals surface area contributed by atoms with Crippen molar-refractivity contribution in [2.24, 2.45) is 0 Å². The number of nitrogens with zero attached hydrogens (tertiary/aromatic N) is 5. The van der Waals surface area contributed by atoms with Crippen LogP contribution in [0.2, 0.25) is 0 Å². The Balaban J connectivity index is 1.10. The van der Waals surface area contributed by atoms with Gasteiger partial charge in [-0.1, -0.05) is 24.3 Å². The predicted molar refractivity (Wildman–Crippen MR) is 117 cm³/mol. The van der Waals surface area contributed by atoms with Gasteiger partial charge in [0.2, 0.25) is 0 Å². The SMILES string of the molecule is c1ccc2c(c1)ncn2CCCCN1CCN(c2nsc3ccccc23)CC1. The fourth-order valence-corrected chi connectivity index (χ4v) is 4.89. The van der Waals surface area contributed by atoms with Gasteiger partial charge in [-0.05, 0) is 55.2 Å². The van der Waals surface area contributed by atoms with Crippen molar-refractivity contribution in [3.05, 3.63) is 54.9 Å². The van der Waals surface area contributed by atoms with Crippen LogP contribution in [0.3, 0.4) is 0 Å². The molecule has 4 aromatic rings. The minimum Gasteiger partial charge on any atom is -0.353 e. The Morgan fingerprint density at radius 2 is 1.64 bits per heavy atom. The molecule has 1 saturated heterocycles. The maximum Gasteiger partial charge on any atom is 0.150 e. The highest BCUT2D eigenvalue weighted by Gasteiger charge is 2.20. The van der Waals surface area contributed by atoms with Gasteiger partial charge in [0.15, 0.2) is 0 Å². The minimum absolute atomic E-state index is 1.05. The average molecular weight is 392 g/mol. The zero-order chi connectivity index (χ0) is 18.8. The smallest absolute Gasteiger partial charge is 0.150 e. The van der Waals surface area contributed by atoms with Crippen LogP contribution in [0.25, 0.3) is 21.1 Å². The lowest BCUT2D eigenvalue weighted by atomic mass is 10.2. The Morgan fingerprint density at radius 1 is 0.857 bits per heavy atom. The van der Waals surface area contributed by atoms with Crippen LogP contribution in [0.1, 0.15) is 12.8 Å². The van der Waals surface area contributed by atoms with E-state index < -0.39 is 0 Å². The van der Waals surface area contributed by atoms with Gasteiger partial charge in [-0.25, -0.2) is 4.98 Å². The topological polar surface area (TPSA) is 37.2 Å². The molecule has 144 valence electrons. The highest BCUT2D eigenvalue weighted by atomic mass is 32.1. The number of piperazine rings is 1. The second-order valence-corrected chi connectivity index (χ2v) is 8.27. The van der Waals surface area contributed by atoms with Gasteiger partial charge in [-0.15, -0.1) is 0 Å². The number of unbranched alkanes of at least 4 members (excludes halogenated alkanes) is 1. The summed E-state index contributed by atoms with van der Waals surface area (Å²) in [6, 6.07) is 16.9. The molecule has 6 heteroatoms. The second kappa shape index (κ2) is 7.89. The molecule has 0 aliphatic carbocycles. The normalized spacial score (nSPS) is 15.6. The molecular formula is C22H25N5S. The number of hydrogen-bond acceptors (Lipinski definition) is 5. The van der Waals surface area contributed by atoms with E-state index >= 15 is 0 Å². The summed E-state index contributed by atoms with van der Waals surface area (Å²) < 4.78 is 8.28. The van der Waals surface area contributed by atoms with Crippen LogP contribution in [0.4, 0.5) is 5.82 Å². The number of para-hydroxylation sites is 2. The average Bonchev–Trinajstić information content (AvgIpc) is 3.36. The third kappa shape index (κ3) is 3.50. The molecule has 28 heavy (non-hydrogen) atoms. The van der Waals surface area contributed by atoms with Gasteiger partial charge in [0.25, 0.3) is 0 Å². The van der Waals surface area contributed by atoms with Crippen molar-refractivity contribution in [2.45, 2.75) is 19.4 Å². The van der Waals surface area contributed by atoms with Crippen LogP contribution in [0.15, 0.2) is 54.9 Å². The highest BCUT2D eigenvalue weighted by molar-refractivity contribution is 7.13. The first kappa shape index (κ1) is 17.6. The van der Waals surface area contributed by atoms with Crippen LogP contribution in [0, 0.1) is 0 Å². The van der Waals surface area contributed by atoms with E-state index in [1.54, 1.807) is 11.5 Å². The number of benzene rings is 2. The first-order valence-electron chi connectivity index (χ1n) is 10.1. The van der Waals surface area contributed by atoms with E-state index in [4.69, 9.17) is 4.37 Å². The number of fused-ring (bicyclic) bond motifs is 2. The van der Waals surface area contributed by atoms with Gasteiger partial charge in [-0.2, -0.15) is 4.37 Å². The molecule has 0 atom stereocenters. The molecule has 5 nitrogen and oxygen atoms in total. The molecular weight excluding hydrogens is 366 g/mol. The molecule has 0 unspecified atom stereocenters. The Labute approximate surface area is 169 Å². The molecule has 0 saturated carbocycles. The molecule has 0 N–H and O–H groups in total. The van der Waals surface area contributed by atoms with Gasteiger partial charge in [0, 0.05) is 38.1 Å². The first-order valence-corrected chi connectivity index (χ1v) is 10.9. The molecule has 0 bridgehead atoms. The van der Waals surface area contributed by atoms with E-state index in [0.717, 1.165) is 38.2 Å². The Hall–Kier alpha value is -2.44. The maximum atomic E-state index is 4.71. The molecule has 0 spiro atoms. The number of rotatable bonds is 6. The van der Waals surface area contributed by atoms with Gasteiger partial charge in [-0.3, -0.25) is 4.90 Å². The zero-order valence-corrected chi connectivity index (χ0v) is 16.8. The van der Waals surface area contributed by atoms with Crippen molar-refractivity contribution in [1.82, 2.24) is 18.8 Å². The molecule has 0 amide bonds. The quantitative estimate of drug-likeness (QED) is 0.461. The summed E-state index contributed by atoms with van der Waals surface area (Å²) >= 11 is 1.61. The van der Waals surface area contributed by atoms with E-state index in [-0.39, 0.29) is 0 Å². The van der Waals surface area contributed by atoms with Crippen molar-refractivity contribution in [1.29, 1.82) is 0 Å². The van der Waals surface area contributed by atoms with E-state index in [1.165, 1.54) is 40.8 Å². The standard InChI is InChI=1S/C22H25N5S/c1-4-10-21-18(7-1)22(24-28-21)26-15-13-25(14-16-26)11-5-6-12-27-17-23-19-8-2-3-9-20(19)27/h1-4,7-10,17H,5-6,11-16H2. The van der Waals surface area contributed by atoms with Gasteiger partial charge in [0.05, 0.1) is 22.1 Å². The van der Waals surface area contributed by atoms with Crippen molar-refractivity contribution in [3.8, 4) is 0 Å². The summed E-state index contributed by atoms with van der Waals surface area (Å²) in [5.41, 5.74) is 2.33. The number of anilines is 1. The largest absolute Gasteiger partial charge is 0.353 e. The Bertz CT molecular complexity index is 1060. The molecule has 1 fully saturated rings. The lowest BCUT2D eigenvalue weighted by Crippen LogP contribution is -2.46. The van der Waals surface area contributed by atoms with Crippen molar-refractivity contribution in [2.75, 3.05) is 37.6 Å². The van der Waals surface area contributed by atoms with Gasteiger partial charge in [0.1, 0.15) is 5.82 Å². The van der Waals surface area contributed by atoms with Crippen molar-refractivity contribution >= 4 is 38.5 Å². The molecule has 2 aromatic carbocycles. The Kier molecular flexibility index (Phi) is 4.97. The van der Waals surface area contributed by atoms with Crippen LogP contribution in [0.5, 0.6) is 0 Å². The molecule has 3 heterocycles. The van der Waals surface area contributed by atoms with Crippen LogP contribution >= 0.6 is 11.5 Å². The van der Waals surface area contributed by atoms with Crippen LogP contribution in [-0.4, -0.2) is 51.5 Å². The summed E-state index contributed by atoms with van der Waals surface area (Å²) in [5.74, 6) is 1.17. The van der Waals surface area contributed by atoms with E-state index in [9.17, 15) is 0 Å². The lowest BCUT2D eigenvalue weighted by Gasteiger charge is -2.35. The minimum atomic E-state index is 1.05. The third-order valence-corrected chi connectivity index (χ3v) is 6.50. The third-order valence-electron chi connectivity index (χ3n) is 5.68. The second-order valence-electron chi connectivity index (χ2n) is 7.46. The Morgan fingerprint density at radius 3 is 2.57 bits per heavy atom. The number of hydrogen-bond donors (Lipinski definition) is 0. The van der Waals surface area contributed by atoms with Crippen molar-refractivity contribution < 1.29 is 0 Å². The molecule has 0 radical (unpaired) electrons. The molecule has 1 aliphatic rings. The van der Waals surface area contributed by atoms with Crippen LogP contribution < -0.4 is 4.90 Å². The highest BCUT2D eigenvalue weighted by Crippen LogP contribution is 2.29. The predicted octanol–water partition coefficient (Wildman–Crippen LogP) is 4.25.